The molecule has 3 aromatic heterocycles. The van der Waals surface area contributed by atoms with Gasteiger partial charge in [0.15, 0.2) is 5.58 Å². The Morgan fingerprint density at radius 3 is 2.72 bits per heavy atom. The highest BCUT2D eigenvalue weighted by molar-refractivity contribution is 5.89. The van der Waals surface area contributed by atoms with E-state index in [2.05, 4.69) is 15.3 Å². The number of nitrogens with zero attached hydrogens (tertiary/aromatic N) is 4. The lowest BCUT2D eigenvalue weighted by Crippen LogP contribution is -2.02. The molecule has 0 radical (unpaired) electrons. The summed E-state index contributed by atoms with van der Waals surface area (Å²) in [5.41, 5.74) is 4.78. The van der Waals surface area contributed by atoms with Crippen molar-refractivity contribution in [1.82, 2.24) is 20.0 Å². The highest BCUT2D eigenvalue weighted by Gasteiger charge is 2.13. The van der Waals surface area contributed by atoms with Crippen molar-refractivity contribution in [3.05, 3.63) is 65.7 Å². The molecular formula is C18H14N4O3. The summed E-state index contributed by atoms with van der Waals surface area (Å²) in [5, 5.41) is 17.2. The molecular weight excluding hydrogens is 320 g/mol. The number of hydrogen-bond donors (Lipinski definition) is 1. The van der Waals surface area contributed by atoms with Crippen LogP contribution in [0.2, 0.25) is 0 Å². The Morgan fingerprint density at radius 1 is 1.24 bits per heavy atom. The van der Waals surface area contributed by atoms with Crippen LogP contribution in [-0.4, -0.2) is 31.1 Å². The highest BCUT2D eigenvalue weighted by Crippen LogP contribution is 2.24. The lowest BCUT2D eigenvalue weighted by molar-refractivity contribution is 0.0691. The van der Waals surface area contributed by atoms with Crippen LogP contribution in [0.1, 0.15) is 21.6 Å². The number of aromatic carboxylic acids is 1. The van der Waals surface area contributed by atoms with Gasteiger partial charge in [-0.15, -0.1) is 5.10 Å². The molecule has 0 aliphatic heterocycles. The summed E-state index contributed by atoms with van der Waals surface area (Å²) in [7, 11) is 1.82. The molecule has 7 nitrogen and oxygen atoms in total. The molecule has 0 aliphatic rings. The number of furan rings is 1. The average Bonchev–Trinajstić information content (AvgIpc) is 3.24. The summed E-state index contributed by atoms with van der Waals surface area (Å²) in [4.78, 5) is 15.3. The number of carboxylic acids is 1. The van der Waals surface area contributed by atoms with Crippen molar-refractivity contribution in [2.24, 2.45) is 7.05 Å². The van der Waals surface area contributed by atoms with Crippen molar-refractivity contribution in [3.63, 3.8) is 0 Å². The van der Waals surface area contributed by atoms with Gasteiger partial charge in [0.05, 0.1) is 12.5 Å². The molecule has 0 amide bonds. The zero-order chi connectivity index (χ0) is 17.4. The van der Waals surface area contributed by atoms with Crippen LogP contribution < -0.4 is 0 Å². The Balaban J connectivity index is 1.67. The molecule has 3 heterocycles. The van der Waals surface area contributed by atoms with Crippen molar-refractivity contribution in [3.8, 4) is 11.3 Å². The highest BCUT2D eigenvalue weighted by atomic mass is 16.4. The SMILES string of the molecule is Cn1cc(-c2ccc(Cc3cc(C(=O)O)nc4ccoc34)cc2)nn1. The van der Waals surface area contributed by atoms with Crippen LogP contribution in [0.25, 0.3) is 22.4 Å². The second kappa shape index (κ2) is 5.86. The molecule has 0 aliphatic carbocycles. The minimum absolute atomic E-state index is 0.0140. The molecule has 7 heteroatoms. The Kier molecular flexibility index (Phi) is 3.53. The van der Waals surface area contributed by atoms with E-state index in [1.807, 2.05) is 37.5 Å². The number of benzene rings is 1. The fourth-order valence-electron chi connectivity index (χ4n) is 2.76. The van der Waals surface area contributed by atoms with Crippen LogP contribution in [0.15, 0.2) is 53.3 Å². The number of hydrogen-bond acceptors (Lipinski definition) is 5. The zero-order valence-corrected chi connectivity index (χ0v) is 13.4. The maximum absolute atomic E-state index is 11.3. The number of fused-ring (bicyclic) bond motifs is 1. The van der Waals surface area contributed by atoms with Crippen LogP contribution in [0.3, 0.4) is 0 Å². The van der Waals surface area contributed by atoms with Crippen LogP contribution >= 0.6 is 0 Å². The van der Waals surface area contributed by atoms with Gasteiger partial charge in [-0.1, -0.05) is 29.5 Å². The third-order valence-corrected chi connectivity index (χ3v) is 3.95. The molecule has 0 unspecified atom stereocenters. The van der Waals surface area contributed by atoms with Crippen LogP contribution in [0.4, 0.5) is 0 Å². The quantitative estimate of drug-likeness (QED) is 0.617. The van der Waals surface area contributed by atoms with Gasteiger partial charge in [-0.05, 0) is 11.6 Å². The predicted octanol–water partition coefficient (Wildman–Crippen LogP) is 2.91. The van der Waals surface area contributed by atoms with Crippen LogP contribution in [0.5, 0.6) is 0 Å². The molecule has 0 saturated carbocycles. The van der Waals surface area contributed by atoms with Gasteiger partial charge >= 0.3 is 5.97 Å². The number of aryl methyl sites for hydroxylation is 1. The van der Waals surface area contributed by atoms with E-state index in [1.165, 1.54) is 6.26 Å². The van der Waals surface area contributed by atoms with E-state index in [0.29, 0.717) is 17.5 Å². The van der Waals surface area contributed by atoms with Crippen LogP contribution in [0, 0.1) is 0 Å². The predicted molar refractivity (Wildman–Crippen MR) is 90.2 cm³/mol. The smallest absolute Gasteiger partial charge is 0.354 e. The minimum atomic E-state index is -1.05. The summed E-state index contributed by atoms with van der Waals surface area (Å²) >= 11 is 0. The number of pyridine rings is 1. The molecule has 124 valence electrons. The molecule has 0 spiro atoms. The number of carboxylic acid groups (broad SMARTS) is 1. The Bertz CT molecular complexity index is 1060. The van der Waals surface area contributed by atoms with E-state index in [-0.39, 0.29) is 5.69 Å². The molecule has 1 aromatic carbocycles. The number of carbonyl (C=O) groups is 1. The van der Waals surface area contributed by atoms with E-state index in [1.54, 1.807) is 16.8 Å². The monoisotopic (exact) mass is 334 g/mol. The third-order valence-electron chi connectivity index (χ3n) is 3.95. The van der Waals surface area contributed by atoms with Gasteiger partial charge in [0, 0.05) is 30.7 Å². The van der Waals surface area contributed by atoms with Crippen LogP contribution in [-0.2, 0) is 13.5 Å². The second-order valence-corrected chi connectivity index (χ2v) is 5.76. The summed E-state index contributed by atoms with van der Waals surface area (Å²) in [5.74, 6) is -1.05. The van der Waals surface area contributed by atoms with E-state index in [9.17, 15) is 9.90 Å². The van der Waals surface area contributed by atoms with Gasteiger partial charge < -0.3 is 9.52 Å². The van der Waals surface area contributed by atoms with Crippen molar-refractivity contribution in [1.29, 1.82) is 0 Å². The molecule has 0 atom stereocenters. The molecule has 25 heavy (non-hydrogen) atoms. The first-order valence-corrected chi connectivity index (χ1v) is 7.66. The average molecular weight is 334 g/mol. The maximum Gasteiger partial charge on any atom is 0.354 e. The molecule has 4 aromatic rings. The van der Waals surface area contributed by atoms with Gasteiger partial charge in [0.2, 0.25) is 0 Å². The summed E-state index contributed by atoms with van der Waals surface area (Å²) in [6, 6.07) is 11.1. The first-order chi connectivity index (χ1) is 12.1. The largest absolute Gasteiger partial charge is 0.477 e. The first-order valence-electron chi connectivity index (χ1n) is 7.66. The van der Waals surface area contributed by atoms with Gasteiger partial charge in [-0.2, -0.15) is 0 Å². The minimum Gasteiger partial charge on any atom is -0.477 e. The molecule has 4 rings (SSSR count). The van der Waals surface area contributed by atoms with Crippen molar-refractivity contribution in [2.45, 2.75) is 6.42 Å². The topological polar surface area (TPSA) is 94.0 Å². The third kappa shape index (κ3) is 2.87. The number of rotatable bonds is 4. The van der Waals surface area contributed by atoms with E-state index in [0.717, 1.165) is 22.4 Å². The zero-order valence-electron chi connectivity index (χ0n) is 13.4. The Labute approximate surface area is 142 Å². The first kappa shape index (κ1) is 15.1. The van der Waals surface area contributed by atoms with Gasteiger partial charge in [-0.25, -0.2) is 9.78 Å². The molecule has 0 fully saturated rings. The fourth-order valence-corrected chi connectivity index (χ4v) is 2.76. The van der Waals surface area contributed by atoms with Gasteiger partial charge in [0.25, 0.3) is 0 Å². The van der Waals surface area contributed by atoms with Crippen molar-refractivity contribution >= 4 is 17.1 Å². The molecule has 1 N–H and O–H groups in total. The normalized spacial score (nSPS) is 11.1. The Morgan fingerprint density at radius 2 is 2.04 bits per heavy atom. The summed E-state index contributed by atoms with van der Waals surface area (Å²) in [6.45, 7) is 0. The molecule has 0 bridgehead atoms. The molecule has 0 saturated heterocycles. The summed E-state index contributed by atoms with van der Waals surface area (Å²) < 4.78 is 7.13. The summed E-state index contributed by atoms with van der Waals surface area (Å²) in [6.07, 6.45) is 3.92. The maximum atomic E-state index is 11.3. The van der Waals surface area contributed by atoms with E-state index in [4.69, 9.17) is 4.42 Å². The standard InChI is InChI=1S/C18H14N4O3/c1-22-10-16(20-21-22)12-4-2-11(3-5-12)8-13-9-15(18(23)24)19-14-6-7-25-17(13)14/h2-7,9-10H,8H2,1H3,(H,23,24). The van der Waals surface area contributed by atoms with E-state index < -0.39 is 5.97 Å². The van der Waals surface area contributed by atoms with E-state index >= 15 is 0 Å². The van der Waals surface area contributed by atoms with Crippen molar-refractivity contribution < 1.29 is 14.3 Å². The van der Waals surface area contributed by atoms with Gasteiger partial charge in [0.1, 0.15) is 16.9 Å². The lowest BCUT2D eigenvalue weighted by atomic mass is 10.0. The van der Waals surface area contributed by atoms with Crippen molar-refractivity contribution in [2.75, 3.05) is 0 Å². The fraction of sp³-hybridized carbons (Fsp3) is 0.111. The lowest BCUT2D eigenvalue weighted by Gasteiger charge is -2.05. The second-order valence-electron chi connectivity index (χ2n) is 5.76. The Hall–Kier alpha value is -3.48. The number of aromatic nitrogens is 4. The van der Waals surface area contributed by atoms with Gasteiger partial charge in [-0.3, -0.25) is 4.68 Å².